The van der Waals surface area contributed by atoms with Crippen LogP contribution in [-0.2, 0) is 9.53 Å². The van der Waals surface area contributed by atoms with Crippen LogP contribution in [0.1, 0.15) is 26.2 Å². The maximum Gasteiger partial charge on any atom is 0.163 e. The minimum atomic E-state index is -0.0171. The number of ketones is 1. The zero-order valence-corrected chi connectivity index (χ0v) is 5.72. The molecule has 0 aliphatic carbocycles. The third-order valence-corrected chi connectivity index (χ3v) is 1.47. The van der Waals surface area contributed by atoms with Crippen molar-refractivity contribution in [2.75, 3.05) is 6.61 Å². The van der Waals surface area contributed by atoms with Crippen LogP contribution in [0, 0.1) is 0 Å². The quantitative estimate of drug-likeness (QED) is 0.531. The summed E-state index contributed by atoms with van der Waals surface area (Å²) in [5, 5.41) is 0. The second-order valence-electron chi connectivity index (χ2n) is 2.39. The minimum absolute atomic E-state index is 0.0171. The lowest BCUT2D eigenvalue weighted by molar-refractivity contribution is -0.120. The smallest absolute Gasteiger partial charge is 0.163 e. The molecule has 1 atom stereocenters. The maximum atomic E-state index is 10.8. The Labute approximate surface area is 55.2 Å². The molecule has 0 aromatic carbocycles. The summed E-state index contributed by atoms with van der Waals surface area (Å²) in [6, 6.07) is 0. The second-order valence-corrected chi connectivity index (χ2v) is 2.39. The summed E-state index contributed by atoms with van der Waals surface area (Å²) in [5.41, 5.74) is 0. The van der Waals surface area contributed by atoms with Crippen molar-refractivity contribution >= 4 is 5.78 Å². The first-order chi connectivity index (χ1) is 4.34. The van der Waals surface area contributed by atoms with Gasteiger partial charge in [-0.25, -0.2) is 0 Å². The van der Waals surface area contributed by atoms with Crippen LogP contribution >= 0.6 is 0 Å². The van der Waals surface area contributed by atoms with E-state index in [2.05, 4.69) is 6.92 Å². The van der Waals surface area contributed by atoms with Gasteiger partial charge in [0.1, 0.15) is 6.10 Å². The second kappa shape index (κ2) is 2.97. The standard InChI is InChI=1S/C7H12O2/c1-2-3-4-6(8)7-5-9-7/h7H,2-5H2,1H3/t7-/m1/s1. The molecule has 0 spiro atoms. The van der Waals surface area contributed by atoms with Crippen molar-refractivity contribution in [3.05, 3.63) is 0 Å². The van der Waals surface area contributed by atoms with Gasteiger partial charge in [0.25, 0.3) is 0 Å². The summed E-state index contributed by atoms with van der Waals surface area (Å²) in [4.78, 5) is 10.8. The number of rotatable bonds is 4. The van der Waals surface area contributed by atoms with Gasteiger partial charge in [0.15, 0.2) is 5.78 Å². The highest BCUT2D eigenvalue weighted by molar-refractivity contribution is 5.84. The number of unbranched alkanes of at least 4 members (excludes halogenated alkanes) is 1. The first kappa shape index (κ1) is 6.75. The van der Waals surface area contributed by atoms with E-state index < -0.39 is 0 Å². The van der Waals surface area contributed by atoms with Crippen molar-refractivity contribution in [2.45, 2.75) is 32.3 Å². The Balaban J connectivity index is 2.03. The lowest BCUT2D eigenvalue weighted by Gasteiger charge is -1.91. The first-order valence-electron chi connectivity index (χ1n) is 3.49. The number of epoxide rings is 1. The predicted octanol–water partition coefficient (Wildman–Crippen LogP) is 1.14. The van der Waals surface area contributed by atoms with Gasteiger partial charge in [-0.05, 0) is 6.42 Å². The van der Waals surface area contributed by atoms with Crippen molar-refractivity contribution in [2.24, 2.45) is 0 Å². The summed E-state index contributed by atoms with van der Waals surface area (Å²) < 4.78 is 4.82. The van der Waals surface area contributed by atoms with Crippen LogP contribution in [0.2, 0.25) is 0 Å². The fraction of sp³-hybridized carbons (Fsp3) is 0.857. The SMILES string of the molecule is CCCCC(=O)[C@H]1CO1. The van der Waals surface area contributed by atoms with E-state index in [-0.39, 0.29) is 11.9 Å². The van der Waals surface area contributed by atoms with E-state index in [1.54, 1.807) is 0 Å². The Kier molecular flexibility index (Phi) is 2.22. The fourth-order valence-corrected chi connectivity index (χ4v) is 0.746. The normalized spacial score (nSPS) is 23.9. The van der Waals surface area contributed by atoms with E-state index in [1.165, 1.54) is 0 Å². The van der Waals surface area contributed by atoms with Gasteiger partial charge >= 0.3 is 0 Å². The van der Waals surface area contributed by atoms with Crippen LogP contribution < -0.4 is 0 Å². The highest BCUT2D eigenvalue weighted by Gasteiger charge is 2.29. The van der Waals surface area contributed by atoms with Crippen LogP contribution in [0.15, 0.2) is 0 Å². The number of ether oxygens (including phenoxy) is 1. The Morgan fingerprint density at radius 2 is 2.44 bits per heavy atom. The third kappa shape index (κ3) is 2.14. The summed E-state index contributed by atoms with van der Waals surface area (Å²) in [6.45, 7) is 2.75. The average Bonchev–Trinajstić information content (AvgIpc) is 2.63. The molecule has 1 aliphatic heterocycles. The van der Waals surface area contributed by atoms with Gasteiger partial charge in [0.05, 0.1) is 6.61 Å². The van der Waals surface area contributed by atoms with E-state index in [4.69, 9.17) is 4.74 Å². The topological polar surface area (TPSA) is 29.6 Å². The third-order valence-electron chi connectivity index (χ3n) is 1.47. The Morgan fingerprint density at radius 1 is 1.78 bits per heavy atom. The van der Waals surface area contributed by atoms with Crippen molar-refractivity contribution in [3.63, 3.8) is 0 Å². The lowest BCUT2D eigenvalue weighted by Crippen LogP contribution is -2.05. The van der Waals surface area contributed by atoms with E-state index in [0.29, 0.717) is 13.0 Å². The minimum Gasteiger partial charge on any atom is -0.365 e. The molecule has 0 radical (unpaired) electrons. The van der Waals surface area contributed by atoms with Gasteiger partial charge in [-0.1, -0.05) is 13.3 Å². The molecular formula is C7H12O2. The molecule has 2 nitrogen and oxygen atoms in total. The molecule has 0 aromatic heterocycles. The molecule has 0 saturated carbocycles. The average molecular weight is 128 g/mol. The summed E-state index contributed by atoms with van der Waals surface area (Å²) in [6.07, 6.45) is 2.80. The van der Waals surface area contributed by atoms with E-state index in [9.17, 15) is 4.79 Å². The molecule has 0 unspecified atom stereocenters. The molecule has 1 rings (SSSR count). The van der Waals surface area contributed by atoms with Gasteiger partial charge < -0.3 is 4.74 Å². The van der Waals surface area contributed by atoms with Crippen LogP contribution in [0.4, 0.5) is 0 Å². The van der Waals surface area contributed by atoms with Gasteiger partial charge in [0, 0.05) is 6.42 Å². The molecule has 0 amide bonds. The van der Waals surface area contributed by atoms with E-state index in [1.807, 2.05) is 0 Å². The molecule has 2 heteroatoms. The van der Waals surface area contributed by atoms with Crippen molar-refractivity contribution in [1.29, 1.82) is 0 Å². The number of carbonyl (C=O) groups excluding carboxylic acids is 1. The number of carbonyl (C=O) groups is 1. The Morgan fingerprint density at radius 3 is 2.89 bits per heavy atom. The fourth-order valence-electron chi connectivity index (χ4n) is 0.746. The van der Waals surface area contributed by atoms with Crippen LogP contribution in [-0.4, -0.2) is 18.5 Å². The summed E-state index contributed by atoms with van der Waals surface area (Å²) in [5.74, 6) is 0.289. The van der Waals surface area contributed by atoms with Crippen LogP contribution in [0.3, 0.4) is 0 Å². The molecular weight excluding hydrogens is 116 g/mol. The van der Waals surface area contributed by atoms with Crippen molar-refractivity contribution in [1.82, 2.24) is 0 Å². The number of hydrogen-bond acceptors (Lipinski definition) is 2. The molecule has 52 valence electrons. The van der Waals surface area contributed by atoms with E-state index >= 15 is 0 Å². The van der Waals surface area contributed by atoms with E-state index in [0.717, 1.165) is 12.8 Å². The molecule has 0 bridgehead atoms. The summed E-state index contributed by atoms with van der Waals surface area (Å²) in [7, 11) is 0. The Bertz CT molecular complexity index is 105. The monoisotopic (exact) mass is 128 g/mol. The van der Waals surface area contributed by atoms with Crippen molar-refractivity contribution < 1.29 is 9.53 Å². The molecule has 1 fully saturated rings. The molecule has 0 aromatic rings. The Hall–Kier alpha value is -0.370. The largest absolute Gasteiger partial charge is 0.365 e. The molecule has 1 saturated heterocycles. The lowest BCUT2D eigenvalue weighted by atomic mass is 10.1. The molecule has 1 heterocycles. The first-order valence-corrected chi connectivity index (χ1v) is 3.49. The van der Waals surface area contributed by atoms with Crippen molar-refractivity contribution in [3.8, 4) is 0 Å². The van der Waals surface area contributed by atoms with Gasteiger partial charge in [-0.3, -0.25) is 4.79 Å². The number of Topliss-reactive ketones (excluding diaryl/α,β-unsaturated/α-hetero) is 1. The molecule has 0 N–H and O–H groups in total. The van der Waals surface area contributed by atoms with Gasteiger partial charge in [-0.15, -0.1) is 0 Å². The maximum absolute atomic E-state index is 10.8. The molecule has 9 heavy (non-hydrogen) atoms. The zero-order chi connectivity index (χ0) is 6.69. The highest BCUT2D eigenvalue weighted by atomic mass is 16.6. The number of hydrogen-bond donors (Lipinski definition) is 0. The van der Waals surface area contributed by atoms with Crippen LogP contribution in [0.5, 0.6) is 0 Å². The van der Waals surface area contributed by atoms with Gasteiger partial charge in [0.2, 0.25) is 0 Å². The zero-order valence-electron chi connectivity index (χ0n) is 5.72. The molecule has 1 aliphatic rings. The predicted molar refractivity (Wildman–Crippen MR) is 34.3 cm³/mol. The van der Waals surface area contributed by atoms with Crippen LogP contribution in [0.25, 0.3) is 0 Å². The highest BCUT2D eigenvalue weighted by Crippen LogP contribution is 2.13. The van der Waals surface area contributed by atoms with Gasteiger partial charge in [-0.2, -0.15) is 0 Å². The summed E-state index contributed by atoms with van der Waals surface area (Å²) >= 11 is 0.